The van der Waals surface area contributed by atoms with E-state index >= 15 is 0 Å². The molecule has 0 fully saturated rings. The average Bonchev–Trinajstić information content (AvgIpc) is 2.05. The summed E-state index contributed by atoms with van der Waals surface area (Å²) in [7, 11) is 0. The zero-order chi connectivity index (χ0) is 19.1. The Kier molecular flexibility index (Phi) is 10.3. The molecule has 1 atom stereocenters. The second-order valence-corrected chi connectivity index (χ2v) is 11.1. The van der Waals surface area contributed by atoms with Crippen molar-refractivity contribution in [1.29, 1.82) is 0 Å². The summed E-state index contributed by atoms with van der Waals surface area (Å²) >= 11 is 0. The lowest BCUT2D eigenvalue weighted by Crippen LogP contribution is -2.28. The number of hydrogen-bond donors (Lipinski definition) is 0. The minimum Gasteiger partial charge on any atom is -0.376 e. The van der Waals surface area contributed by atoms with Crippen molar-refractivity contribution < 1.29 is 9.47 Å². The van der Waals surface area contributed by atoms with E-state index in [1.807, 2.05) is 0 Å². The zero-order valence-corrected chi connectivity index (χ0v) is 18.5. The highest BCUT2D eigenvalue weighted by molar-refractivity contribution is 4.69. The van der Waals surface area contributed by atoms with E-state index in [2.05, 4.69) is 90.0 Å². The van der Waals surface area contributed by atoms with Gasteiger partial charge in [-0.2, -0.15) is 0 Å². The van der Waals surface area contributed by atoms with Crippen LogP contribution in [0.2, 0.25) is 0 Å². The molecule has 0 N–H and O–H groups in total. The fourth-order valence-electron chi connectivity index (χ4n) is 2.17. The Balaban J connectivity index is 0. The lowest BCUT2D eigenvalue weighted by molar-refractivity contribution is -0.0650. The summed E-state index contributed by atoms with van der Waals surface area (Å²) in [6.07, 6.45) is 2.60. The van der Waals surface area contributed by atoms with E-state index in [0.717, 1.165) is 19.4 Å². The monoisotopic (exact) mass is 330 g/mol. The summed E-state index contributed by atoms with van der Waals surface area (Å²) in [5.41, 5.74) is 0.770. The molecule has 0 aromatic carbocycles. The molecule has 0 aromatic rings. The van der Waals surface area contributed by atoms with Crippen molar-refractivity contribution >= 4 is 0 Å². The topological polar surface area (TPSA) is 18.5 Å². The van der Waals surface area contributed by atoms with Crippen molar-refractivity contribution in [3.8, 4) is 0 Å². The predicted octanol–water partition coefficient (Wildman–Crippen LogP) is 6.86. The van der Waals surface area contributed by atoms with E-state index in [4.69, 9.17) is 9.47 Å². The maximum Gasteiger partial charge on any atom is 0.0602 e. The smallest absolute Gasteiger partial charge is 0.0602 e. The van der Waals surface area contributed by atoms with Crippen molar-refractivity contribution in [3.05, 3.63) is 0 Å². The van der Waals surface area contributed by atoms with Gasteiger partial charge in [-0.1, -0.05) is 41.5 Å². The molecule has 0 radical (unpaired) electrons. The van der Waals surface area contributed by atoms with Crippen LogP contribution in [0.25, 0.3) is 0 Å². The minimum absolute atomic E-state index is 0.00926. The molecule has 0 spiro atoms. The molecular weight excluding hydrogens is 284 g/mol. The van der Waals surface area contributed by atoms with Gasteiger partial charge in [-0.25, -0.2) is 0 Å². The van der Waals surface area contributed by atoms with Gasteiger partial charge >= 0.3 is 0 Å². The van der Waals surface area contributed by atoms with Crippen LogP contribution in [0.5, 0.6) is 0 Å². The molecule has 142 valence electrons. The first-order valence-corrected chi connectivity index (χ1v) is 9.13. The molecule has 0 rings (SSSR count). The molecule has 0 saturated carbocycles. The van der Waals surface area contributed by atoms with E-state index in [0.29, 0.717) is 16.9 Å². The number of ether oxygens (including phenoxy) is 2. The summed E-state index contributed by atoms with van der Waals surface area (Å²) in [6.45, 7) is 29.0. The van der Waals surface area contributed by atoms with Crippen LogP contribution in [-0.2, 0) is 9.47 Å². The third-order valence-electron chi connectivity index (χ3n) is 2.84. The lowest BCUT2D eigenvalue weighted by Gasteiger charge is -2.29. The average molecular weight is 331 g/mol. The molecule has 0 heterocycles. The zero-order valence-electron chi connectivity index (χ0n) is 18.5. The van der Waals surface area contributed by atoms with Crippen LogP contribution in [0.1, 0.15) is 103 Å². The Morgan fingerprint density at radius 1 is 0.652 bits per heavy atom. The summed E-state index contributed by atoms with van der Waals surface area (Å²) < 4.78 is 11.4. The minimum atomic E-state index is -0.00926. The van der Waals surface area contributed by atoms with Gasteiger partial charge in [-0.3, -0.25) is 0 Å². The summed E-state index contributed by atoms with van der Waals surface area (Å²) in [5.74, 6) is 0. The van der Waals surface area contributed by atoms with E-state index in [1.165, 1.54) is 0 Å². The Hall–Kier alpha value is -0.0800. The Morgan fingerprint density at radius 3 is 1.35 bits per heavy atom. The third-order valence-corrected chi connectivity index (χ3v) is 2.84. The summed E-state index contributed by atoms with van der Waals surface area (Å²) in [4.78, 5) is 0. The Bertz CT molecular complexity index is 262. The fraction of sp³-hybridized carbons (Fsp3) is 1.00. The van der Waals surface area contributed by atoms with Gasteiger partial charge in [0.1, 0.15) is 0 Å². The highest BCUT2D eigenvalue weighted by Crippen LogP contribution is 2.24. The van der Waals surface area contributed by atoms with Gasteiger partial charge in [0, 0.05) is 6.61 Å². The number of rotatable bonds is 4. The fourth-order valence-corrected chi connectivity index (χ4v) is 2.17. The molecular formula is C21H46O2. The predicted molar refractivity (Wildman–Crippen MR) is 104 cm³/mol. The van der Waals surface area contributed by atoms with E-state index < -0.39 is 0 Å². The van der Waals surface area contributed by atoms with Crippen LogP contribution < -0.4 is 0 Å². The lowest BCUT2D eigenvalue weighted by atomic mass is 9.89. The van der Waals surface area contributed by atoms with Crippen molar-refractivity contribution in [3.63, 3.8) is 0 Å². The third kappa shape index (κ3) is 27.1. The standard InChI is InChI=1S/C11H24O.C10H22O/c1-9(8-10(2,3)4)12-11(5,6)7;1-9(2,3)7-8-11-10(4,5)6/h9H,8H2,1-7H3;7-8H2,1-6H3. The SMILES string of the molecule is CC(C)(C)CCOC(C)(C)C.CC(CC(C)(C)C)OC(C)(C)C. The van der Waals surface area contributed by atoms with Gasteiger partial charge in [-0.15, -0.1) is 0 Å². The normalized spacial score (nSPS) is 15.0. The highest BCUT2D eigenvalue weighted by Gasteiger charge is 2.20. The summed E-state index contributed by atoms with van der Waals surface area (Å²) in [6, 6.07) is 0. The van der Waals surface area contributed by atoms with Gasteiger partial charge < -0.3 is 9.47 Å². The molecule has 0 saturated heterocycles. The molecule has 0 aromatic heterocycles. The van der Waals surface area contributed by atoms with E-state index in [9.17, 15) is 0 Å². The quantitative estimate of drug-likeness (QED) is 0.560. The number of hydrogen-bond acceptors (Lipinski definition) is 2. The molecule has 0 bridgehead atoms. The van der Waals surface area contributed by atoms with Crippen molar-refractivity contribution in [2.75, 3.05) is 6.61 Å². The molecule has 0 aliphatic heterocycles. The van der Waals surface area contributed by atoms with Crippen LogP contribution in [0.4, 0.5) is 0 Å². The molecule has 0 amide bonds. The first-order valence-electron chi connectivity index (χ1n) is 9.13. The van der Waals surface area contributed by atoms with Gasteiger partial charge in [0.05, 0.1) is 17.3 Å². The molecule has 23 heavy (non-hydrogen) atoms. The van der Waals surface area contributed by atoms with Crippen LogP contribution in [-0.4, -0.2) is 23.9 Å². The largest absolute Gasteiger partial charge is 0.376 e. The maximum absolute atomic E-state index is 5.81. The van der Waals surface area contributed by atoms with Crippen LogP contribution in [0.15, 0.2) is 0 Å². The Morgan fingerprint density at radius 2 is 1.09 bits per heavy atom. The van der Waals surface area contributed by atoms with E-state index in [-0.39, 0.29) is 11.2 Å². The molecule has 2 nitrogen and oxygen atoms in total. The molecule has 2 heteroatoms. The maximum atomic E-state index is 5.81. The second-order valence-electron chi connectivity index (χ2n) is 11.1. The Labute approximate surface area is 147 Å². The van der Waals surface area contributed by atoms with Crippen molar-refractivity contribution in [2.24, 2.45) is 10.8 Å². The van der Waals surface area contributed by atoms with Crippen LogP contribution in [0.3, 0.4) is 0 Å². The highest BCUT2D eigenvalue weighted by atomic mass is 16.5. The molecule has 1 unspecified atom stereocenters. The van der Waals surface area contributed by atoms with Gasteiger partial charge in [-0.05, 0) is 72.1 Å². The first kappa shape index (κ1) is 25.2. The van der Waals surface area contributed by atoms with Gasteiger partial charge in [0.2, 0.25) is 0 Å². The molecule has 0 aliphatic rings. The summed E-state index contributed by atoms with van der Waals surface area (Å²) in [5, 5.41) is 0. The first-order chi connectivity index (χ1) is 9.81. The van der Waals surface area contributed by atoms with Crippen LogP contribution in [0, 0.1) is 10.8 Å². The van der Waals surface area contributed by atoms with Gasteiger partial charge in [0.15, 0.2) is 0 Å². The van der Waals surface area contributed by atoms with Crippen molar-refractivity contribution in [1.82, 2.24) is 0 Å². The second kappa shape index (κ2) is 9.42. The van der Waals surface area contributed by atoms with Crippen LogP contribution >= 0.6 is 0 Å². The van der Waals surface area contributed by atoms with E-state index in [1.54, 1.807) is 0 Å². The van der Waals surface area contributed by atoms with Crippen molar-refractivity contribution in [2.45, 2.75) is 120 Å². The van der Waals surface area contributed by atoms with Gasteiger partial charge in [0.25, 0.3) is 0 Å². The molecule has 0 aliphatic carbocycles.